The molecule has 2 N–H and O–H groups in total. The number of carbonyl (C=O) groups is 1. The van der Waals surface area contributed by atoms with Crippen LogP contribution >= 0.6 is 0 Å². The lowest BCUT2D eigenvalue weighted by Crippen LogP contribution is -2.19. The van der Waals surface area contributed by atoms with E-state index in [0.29, 0.717) is 12.8 Å². The van der Waals surface area contributed by atoms with Crippen LogP contribution in [0.4, 0.5) is 0 Å². The molecular formula is C24H40O3. The highest BCUT2D eigenvalue weighted by atomic mass is 16.4. The predicted octanol–water partition coefficient (Wildman–Crippen LogP) is 6.70. The van der Waals surface area contributed by atoms with Gasteiger partial charge in [0.05, 0.1) is 12.0 Å². The van der Waals surface area contributed by atoms with Crippen LogP contribution < -0.4 is 0 Å². The highest BCUT2D eigenvalue weighted by Gasteiger charge is 2.22. The molecule has 1 aromatic rings. The standard InChI is InChI=1S/C24H40O3/c1-2-3-4-5-6-7-8-9-10-11-12-16-19-22(25)20-23(24(26)27)21-17-14-13-15-18-21/h13-15,17-18,22-23,25H,2-12,16,19-20H2,1H3,(H,26,27). The molecular weight excluding hydrogens is 336 g/mol. The Hall–Kier alpha value is -1.35. The average Bonchev–Trinajstić information content (AvgIpc) is 2.67. The molecule has 0 spiro atoms. The molecule has 0 radical (unpaired) electrons. The first-order valence-electron chi connectivity index (χ1n) is 11.1. The molecule has 0 aliphatic carbocycles. The van der Waals surface area contributed by atoms with Crippen molar-refractivity contribution in [1.82, 2.24) is 0 Å². The van der Waals surface area contributed by atoms with Crippen LogP contribution in [0.25, 0.3) is 0 Å². The lowest BCUT2D eigenvalue weighted by Gasteiger charge is -2.17. The van der Waals surface area contributed by atoms with Gasteiger partial charge < -0.3 is 10.2 Å². The SMILES string of the molecule is CCCCCCCCCCCCCCC(O)CC(C(=O)O)c1ccccc1. The summed E-state index contributed by atoms with van der Waals surface area (Å²) in [6, 6.07) is 9.24. The lowest BCUT2D eigenvalue weighted by molar-refractivity contribution is -0.139. The maximum Gasteiger partial charge on any atom is 0.311 e. The Labute approximate surface area is 166 Å². The van der Waals surface area contributed by atoms with E-state index in [9.17, 15) is 15.0 Å². The summed E-state index contributed by atoms with van der Waals surface area (Å²) in [4.78, 5) is 11.5. The lowest BCUT2D eigenvalue weighted by atomic mass is 9.91. The van der Waals surface area contributed by atoms with Crippen LogP contribution in [0.15, 0.2) is 30.3 Å². The van der Waals surface area contributed by atoms with Crippen molar-refractivity contribution in [2.24, 2.45) is 0 Å². The summed E-state index contributed by atoms with van der Waals surface area (Å²) in [5.74, 6) is -1.46. The molecule has 0 fully saturated rings. The van der Waals surface area contributed by atoms with Gasteiger partial charge in [-0.15, -0.1) is 0 Å². The number of benzene rings is 1. The molecule has 0 amide bonds. The molecule has 0 saturated carbocycles. The number of aliphatic hydroxyl groups excluding tert-OH is 1. The largest absolute Gasteiger partial charge is 0.481 e. The highest BCUT2D eigenvalue weighted by Crippen LogP contribution is 2.23. The van der Waals surface area contributed by atoms with Crippen molar-refractivity contribution in [3.63, 3.8) is 0 Å². The van der Waals surface area contributed by atoms with E-state index in [1.165, 1.54) is 64.2 Å². The minimum absolute atomic E-state index is 0.303. The first-order chi connectivity index (χ1) is 13.1. The Morgan fingerprint density at radius 2 is 1.30 bits per heavy atom. The molecule has 3 nitrogen and oxygen atoms in total. The summed E-state index contributed by atoms with van der Waals surface area (Å²) >= 11 is 0. The topological polar surface area (TPSA) is 57.5 Å². The van der Waals surface area contributed by atoms with Gasteiger partial charge in [0.1, 0.15) is 0 Å². The Kier molecular flexibility index (Phi) is 13.8. The van der Waals surface area contributed by atoms with Gasteiger partial charge in [0.25, 0.3) is 0 Å². The van der Waals surface area contributed by atoms with Gasteiger partial charge in [0, 0.05) is 0 Å². The molecule has 1 aromatic carbocycles. The van der Waals surface area contributed by atoms with Crippen molar-refractivity contribution >= 4 is 5.97 Å². The maximum absolute atomic E-state index is 11.5. The van der Waals surface area contributed by atoms with Crippen molar-refractivity contribution in [3.05, 3.63) is 35.9 Å². The fourth-order valence-electron chi connectivity index (χ4n) is 3.68. The predicted molar refractivity (Wildman–Crippen MR) is 113 cm³/mol. The molecule has 0 aliphatic heterocycles. The maximum atomic E-state index is 11.5. The van der Waals surface area contributed by atoms with E-state index in [1.54, 1.807) is 0 Å². The molecule has 1 rings (SSSR count). The molecule has 154 valence electrons. The van der Waals surface area contributed by atoms with Gasteiger partial charge >= 0.3 is 5.97 Å². The first-order valence-corrected chi connectivity index (χ1v) is 11.1. The van der Waals surface area contributed by atoms with Crippen LogP contribution in [-0.2, 0) is 4.79 Å². The molecule has 0 heterocycles. The van der Waals surface area contributed by atoms with Gasteiger partial charge in [-0.05, 0) is 18.4 Å². The van der Waals surface area contributed by atoms with Gasteiger partial charge in [-0.3, -0.25) is 4.79 Å². The normalized spacial score (nSPS) is 13.4. The summed E-state index contributed by atoms with van der Waals surface area (Å²) in [6.45, 7) is 2.26. The zero-order valence-corrected chi connectivity index (χ0v) is 17.2. The van der Waals surface area contributed by atoms with Crippen LogP contribution in [0.1, 0.15) is 108 Å². The Balaban J connectivity index is 2.03. The summed E-state index contributed by atoms with van der Waals surface area (Å²) in [6.07, 6.45) is 16.0. The van der Waals surface area contributed by atoms with Crippen molar-refractivity contribution in [2.75, 3.05) is 0 Å². The van der Waals surface area contributed by atoms with Gasteiger partial charge in [0.2, 0.25) is 0 Å². The second kappa shape index (κ2) is 15.7. The minimum atomic E-state index is -0.852. The van der Waals surface area contributed by atoms with Gasteiger partial charge in [-0.25, -0.2) is 0 Å². The number of carboxylic acid groups (broad SMARTS) is 1. The first kappa shape index (κ1) is 23.7. The third kappa shape index (κ3) is 11.9. The molecule has 0 bridgehead atoms. The second-order valence-corrected chi connectivity index (χ2v) is 7.87. The third-order valence-corrected chi connectivity index (χ3v) is 5.40. The van der Waals surface area contributed by atoms with Crippen molar-refractivity contribution < 1.29 is 15.0 Å². The molecule has 3 heteroatoms. The molecule has 0 aromatic heterocycles. The summed E-state index contributed by atoms with van der Waals surface area (Å²) in [5, 5.41) is 19.7. The van der Waals surface area contributed by atoms with E-state index in [-0.39, 0.29) is 0 Å². The monoisotopic (exact) mass is 376 g/mol. The number of hydrogen-bond acceptors (Lipinski definition) is 2. The molecule has 2 atom stereocenters. The fourth-order valence-corrected chi connectivity index (χ4v) is 3.68. The van der Waals surface area contributed by atoms with Gasteiger partial charge in [0.15, 0.2) is 0 Å². The summed E-state index contributed by atoms with van der Waals surface area (Å²) in [7, 11) is 0. The van der Waals surface area contributed by atoms with E-state index in [1.807, 2.05) is 30.3 Å². The third-order valence-electron chi connectivity index (χ3n) is 5.40. The zero-order valence-electron chi connectivity index (χ0n) is 17.2. The van der Waals surface area contributed by atoms with Crippen LogP contribution in [-0.4, -0.2) is 22.3 Å². The number of carboxylic acids is 1. The highest BCUT2D eigenvalue weighted by molar-refractivity contribution is 5.76. The van der Waals surface area contributed by atoms with Crippen LogP contribution in [0, 0.1) is 0 Å². The van der Waals surface area contributed by atoms with E-state index < -0.39 is 18.0 Å². The van der Waals surface area contributed by atoms with Gasteiger partial charge in [-0.1, -0.05) is 114 Å². The van der Waals surface area contributed by atoms with E-state index in [2.05, 4.69) is 6.92 Å². The molecule has 27 heavy (non-hydrogen) atoms. The van der Waals surface area contributed by atoms with Crippen LogP contribution in [0.3, 0.4) is 0 Å². The van der Waals surface area contributed by atoms with Crippen LogP contribution in [0.2, 0.25) is 0 Å². The molecule has 0 aliphatic rings. The number of aliphatic hydroxyl groups is 1. The quantitative estimate of drug-likeness (QED) is 0.297. The average molecular weight is 377 g/mol. The minimum Gasteiger partial charge on any atom is -0.481 e. The van der Waals surface area contributed by atoms with Crippen LogP contribution in [0.5, 0.6) is 0 Å². The fraction of sp³-hybridized carbons (Fsp3) is 0.708. The Bertz CT molecular complexity index is 472. The second-order valence-electron chi connectivity index (χ2n) is 7.87. The summed E-state index contributed by atoms with van der Waals surface area (Å²) in [5.41, 5.74) is 0.777. The molecule has 0 saturated heterocycles. The van der Waals surface area contributed by atoms with Crippen molar-refractivity contribution in [1.29, 1.82) is 0 Å². The van der Waals surface area contributed by atoms with E-state index in [4.69, 9.17) is 0 Å². The number of unbranched alkanes of at least 4 members (excludes halogenated alkanes) is 11. The summed E-state index contributed by atoms with van der Waals surface area (Å²) < 4.78 is 0. The van der Waals surface area contributed by atoms with Gasteiger partial charge in [-0.2, -0.15) is 0 Å². The number of rotatable bonds is 17. The molecule has 2 unspecified atom stereocenters. The van der Waals surface area contributed by atoms with Crippen molar-refractivity contribution in [2.45, 2.75) is 109 Å². The number of hydrogen-bond donors (Lipinski definition) is 2. The Morgan fingerprint density at radius 1 is 0.815 bits per heavy atom. The zero-order chi connectivity index (χ0) is 19.7. The Morgan fingerprint density at radius 3 is 1.78 bits per heavy atom. The van der Waals surface area contributed by atoms with E-state index in [0.717, 1.165) is 18.4 Å². The van der Waals surface area contributed by atoms with E-state index >= 15 is 0 Å². The van der Waals surface area contributed by atoms with Crippen molar-refractivity contribution in [3.8, 4) is 0 Å². The smallest absolute Gasteiger partial charge is 0.311 e. The number of aliphatic carboxylic acids is 1.